The van der Waals surface area contributed by atoms with Gasteiger partial charge in [-0.05, 0) is 80.3 Å². The van der Waals surface area contributed by atoms with Gasteiger partial charge in [0.25, 0.3) is 5.91 Å². The van der Waals surface area contributed by atoms with Crippen LogP contribution in [0, 0.1) is 5.92 Å². The molecule has 6 heteroatoms. The highest BCUT2D eigenvalue weighted by atomic mass is 16.5. The molecule has 2 fully saturated rings. The van der Waals surface area contributed by atoms with Crippen molar-refractivity contribution in [3.63, 3.8) is 0 Å². The highest BCUT2D eigenvalue weighted by Gasteiger charge is 2.22. The van der Waals surface area contributed by atoms with Crippen molar-refractivity contribution in [2.45, 2.75) is 51.3 Å². The molecule has 0 radical (unpaired) electrons. The van der Waals surface area contributed by atoms with Gasteiger partial charge in [0, 0.05) is 60.7 Å². The van der Waals surface area contributed by atoms with Crippen molar-refractivity contribution < 1.29 is 9.53 Å². The minimum atomic E-state index is 0.0656. The molecule has 4 aromatic rings. The number of nitrogens with zero attached hydrogens (tertiary/aromatic N) is 4. The predicted molar refractivity (Wildman–Crippen MR) is 142 cm³/mol. The average molecular weight is 483 g/mol. The van der Waals surface area contributed by atoms with Crippen LogP contribution in [0.1, 0.15) is 55.1 Å². The number of aromatic nitrogens is 3. The maximum absolute atomic E-state index is 12.9. The molecule has 0 aliphatic carbocycles. The van der Waals surface area contributed by atoms with E-state index < -0.39 is 0 Å². The Bertz CT molecular complexity index is 1320. The fourth-order valence-electron chi connectivity index (χ4n) is 5.71. The SMILES string of the molecule is O=C(c1ccccc1)N1CCCC(Cn2ccc3cc(-c4cnn(C5CCCCO5)c4)ccc32)CC1. The first kappa shape index (κ1) is 23.0. The van der Waals surface area contributed by atoms with E-state index >= 15 is 0 Å². The number of hydrogen-bond donors (Lipinski definition) is 0. The summed E-state index contributed by atoms with van der Waals surface area (Å²) in [5.41, 5.74) is 4.38. The summed E-state index contributed by atoms with van der Waals surface area (Å²) < 4.78 is 10.2. The van der Waals surface area contributed by atoms with Crippen LogP contribution >= 0.6 is 0 Å². The summed E-state index contributed by atoms with van der Waals surface area (Å²) in [6, 6.07) is 18.6. The maximum Gasteiger partial charge on any atom is 0.253 e. The zero-order valence-corrected chi connectivity index (χ0v) is 20.8. The summed E-state index contributed by atoms with van der Waals surface area (Å²) in [5, 5.41) is 5.84. The van der Waals surface area contributed by atoms with E-state index in [0.717, 1.165) is 69.5 Å². The van der Waals surface area contributed by atoms with Gasteiger partial charge in [0.15, 0.2) is 0 Å². The molecule has 2 aromatic carbocycles. The van der Waals surface area contributed by atoms with Crippen LogP contribution in [0.25, 0.3) is 22.0 Å². The van der Waals surface area contributed by atoms with Gasteiger partial charge < -0.3 is 14.2 Å². The van der Waals surface area contributed by atoms with Crippen LogP contribution in [0.2, 0.25) is 0 Å². The number of carbonyl (C=O) groups is 1. The molecular weight excluding hydrogens is 448 g/mol. The minimum absolute atomic E-state index is 0.0656. The van der Waals surface area contributed by atoms with Gasteiger partial charge >= 0.3 is 0 Å². The molecule has 2 saturated heterocycles. The van der Waals surface area contributed by atoms with Crippen molar-refractivity contribution >= 4 is 16.8 Å². The molecule has 1 amide bonds. The third kappa shape index (κ3) is 4.82. The first-order valence-corrected chi connectivity index (χ1v) is 13.3. The van der Waals surface area contributed by atoms with E-state index in [-0.39, 0.29) is 12.1 Å². The normalized spacial score (nSPS) is 20.9. The van der Waals surface area contributed by atoms with Gasteiger partial charge in [-0.2, -0.15) is 5.10 Å². The first-order chi connectivity index (χ1) is 17.7. The molecule has 2 aliphatic rings. The Labute approximate surface area is 212 Å². The van der Waals surface area contributed by atoms with Crippen LogP contribution in [-0.2, 0) is 11.3 Å². The Kier molecular flexibility index (Phi) is 6.60. The fraction of sp³-hybridized carbons (Fsp3) is 0.400. The molecule has 2 aromatic heterocycles. The molecule has 36 heavy (non-hydrogen) atoms. The monoisotopic (exact) mass is 482 g/mol. The van der Waals surface area contributed by atoms with Gasteiger partial charge in [0.2, 0.25) is 0 Å². The lowest BCUT2D eigenvalue weighted by atomic mass is 10.0. The number of ether oxygens (including phenoxy) is 1. The zero-order chi connectivity index (χ0) is 24.3. The third-order valence-electron chi connectivity index (χ3n) is 7.77. The van der Waals surface area contributed by atoms with Crippen molar-refractivity contribution in [1.29, 1.82) is 0 Å². The Morgan fingerprint density at radius 2 is 1.86 bits per heavy atom. The molecule has 0 saturated carbocycles. The highest BCUT2D eigenvalue weighted by Crippen LogP contribution is 2.29. The molecule has 2 aliphatic heterocycles. The lowest BCUT2D eigenvalue weighted by molar-refractivity contribution is -0.0394. The fourth-order valence-corrected chi connectivity index (χ4v) is 5.71. The molecule has 0 bridgehead atoms. The van der Waals surface area contributed by atoms with Crippen LogP contribution in [0.4, 0.5) is 0 Å². The number of benzene rings is 2. The molecule has 0 N–H and O–H groups in total. The topological polar surface area (TPSA) is 52.3 Å². The quantitative estimate of drug-likeness (QED) is 0.343. The summed E-state index contributed by atoms with van der Waals surface area (Å²) in [5.74, 6) is 0.733. The first-order valence-electron chi connectivity index (χ1n) is 13.3. The van der Waals surface area contributed by atoms with Crippen LogP contribution in [0.3, 0.4) is 0 Å². The van der Waals surface area contributed by atoms with Gasteiger partial charge in [-0.25, -0.2) is 4.68 Å². The van der Waals surface area contributed by atoms with Crippen LogP contribution in [0.5, 0.6) is 0 Å². The van der Waals surface area contributed by atoms with Crippen LogP contribution in [-0.4, -0.2) is 44.9 Å². The second-order valence-corrected chi connectivity index (χ2v) is 10.2. The molecule has 0 spiro atoms. The number of hydrogen-bond acceptors (Lipinski definition) is 3. The Morgan fingerprint density at radius 1 is 0.944 bits per heavy atom. The number of fused-ring (bicyclic) bond motifs is 1. The van der Waals surface area contributed by atoms with Crippen LogP contribution < -0.4 is 0 Å². The second kappa shape index (κ2) is 10.3. The predicted octanol–water partition coefficient (Wildman–Crippen LogP) is 6.15. The molecule has 4 heterocycles. The summed E-state index contributed by atoms with van der Waals surface area (Å²) in [4.78, 5) is 14.9. The van der Waals surface area contributed by atoms with E-state index in [4.69, 9.17) is 4.74 Å². The van der Waals surface area contributed by atoms with E-state index in [1.807, 2.05) is 46.1 Å². The average Bonchev–Trinajstić information content (AvgIpc) is 3.51. The maximum atomic E-state index is 12.9. The number of rotatable bonds is 5. The zero-order valence-electron chi connectivity index (χ0n) is 20.8. The summed E-state index contributed by atoms with van der Waals surface area (Å²) >= 11 is 0. The molecule has 2 unspecified atom stereocenters. The minimum Gasteiger partial charge on any atom is -0.357 e. The summed E-state index contributed by atoms with van der Waals surface area (Å²) in [6.45, 7) is 3.49. The number of amides is 1. The van der Waals surface area contributed by atoms with Crippen molar-refractivity contribution in [3.8, 4) is 11.1 Å². The Balaban J connectivity index is 1.12. The molecule has 186 valence electrons. The van der Waals surface area contributed by atoms with Gasteiger partial charge in [0.05, 0.1) is 6.20 Å². The van der Waals surface area contributed by atoms with Crippen molar-refractivity contribution in [2.24, 2.45) is 5.92 Å². The van der Waals surface area contributed by atoms with Gasteiger partial charge in [-0.15, -0.1) is 0 Å². The van der Waals surface area contributed by atoms with E-state index in [2.05, 4.69) is 46.3 Å². The molecule has 6 rings (SSSR count). The number of likely N-dealkylation sites (tertiary alicyclic amines) is 1. The standard InChI is InChI=1S/C30H34N4O2/c35-30(24-8-2-1-3-9-24)32-15-6-7-23(13-16-32)21-33-17-14-26-19-25(11-12-28(26)33)27-20-31-34(22-27)29-10-4-5-18-36-29/h1-3,8-9,11-12,14,17,19-20,22-23,29H,4-7,10,13,15-16,18,21H2. The van der Waals surface area contributed by atoms with E-state index in [1.165, 1.54) is 22.9 Å². The summed E-state index contributed by atoms with van der Waals surface area (Å²) in [7, 11) is 0. The summed E-state index contributed by atoms with van der Waals surface area (Å²) in [6.07, 6.45) is 13.0. The van der Waals surface area contributed by atoms with E-state index in [0.29, 0.717) is 5.92 Å². The molecular formula is C30H34N4O2. The van der Waals surface area contributed by atoms with Crippen molar-refractivity contribution in [2.75, 3.05) is 19.7 Å². The lowest BCUT2D eigenvalue weighted by Gasteiger charge is -2.22. The van der Waals surface area contributed by atoms with Gasteiger partial charge in [-0.3, -0.25) is 4.79 Å². The van der Waals surface area contributed by atoms with Gasteiger partial charge in [-0.1, -0.05) is 24.3 Å². The highest BCUT2D eigenvalue weighted by molar-refractivity contribution is 5.94. The van der Waals surface area contributed by atoms with E-state index in [9.17, 15) is 4.79 Å². The van der Waals surface area contributed by atoms with E-state index in [1.54, 1.807) is 0 Å². The Morgan fingerprint density at radius 3 is 2.72 bits per heavy atom. The van der Waals surface area contributed by atoms with Gasteiger partial charge in [0.1, 0.15) is 6.23 Å². The Hall–Kier alpha value is -3.38. The largest absolute Gasteiger partial charge is 0.357 e. The van der Waals surface area contributed by atoms with Crippen molar-refractivity contribution in [3.05, 3.63) is 78.8 Å². The molecule has 6 nitrogen and oxygen atoms in total. The van der Waals surface area contributed by atoms with Crippen molar-refractivity contribution in [1.82, 2.24) is 19.2 Å². The third-order valence-corrected chi connectivity index (χ3v) is 7.77. The molecule has 2 atom stereocenters. The van der Waals surface area contributed by atoms with Crippen LogP contribution in [0.15, 0.2) is 73.2 Å². The second-order valence-electron chi connectivity index (χ2n) is 10.2. The number of carbonyl (C=O) groups excluding carboxylic acids is 1. The smallest absolute Gasteiger partial charge is 0.253 e. The lowest BCUT2D eigenvalue weighted by Crippen LogP contribution is -2.32.